The first kappa shape index (κ1) is 12.7. The maximum absolute atomic E-state index is 12.0. The zero-order valence-corrected chi connectivity index (χ0v) is 11.3. The van der Waals surface area contributed by atoms with Crippen LogP contribution in [0.3, 0.4) is 0 Å². The molecule has 0 spiro atoms. The van der Waals surface area contributed by atoms with Gasteiger partial charge < -0.3 is 0 Å². The molecule has 0 bridgehead atoms. The Hall–Kier alpha value is -2.29. The molecule has 104 valence electrons. The number of aromatic nitrogens is 4. The van der Waals surface area contributed by atoms with Crippen molar-refractivity contribution in [2.24, 2.45) is 0 Å². The lowest BCUT2D eigenvalue weighted by molar-refractivity contribution is 0.0845. The fraction of sp³-hybridized carbons (Fsp3) is 0.364. The Kier molecular flexibility index (Phi) is 3.42. The van der Waals surface area contributed by atoms with E-state index in [1.165, 1.54) is 6.20 Å². The molecule has 2 aromatic heterocycles. The molecule has 0 atom stereocenters. The van der Waals surface area contributed by atoms with E-state index in [0.717, 1.165) is 48.5 Å². The van der Waals surface area contributed by atoms with E-state index in [0.29, 0.717) is 10.6 Å². The average molecular weight is 292 g/mol. The highest BCUT2D eigenvalue weighted by Crippen LogP contribution is 2.21. The van der Waals surface area contributed by atoms with E-state index in [2.05, 4.69) is 30.6 Å². The second-order valence-corrected chi connectivity index (χ2v) is 5.21. The van der Waals surface area contributed by atoms with Crippen LogP contribution in [0, 0.1) is 0 Å². The summed E-state index contributed by atoms with van der Waals surface area (Å²) in [5.41, 5.74) is 6.98. The number of nitrogens with zero attached hydrogens (tertiary/aromatic N) is 3. The molecule has 3 N–H and O–H groups in total. The monoisotopic (exact) mass is 292 g/mol. The van der Waals surface area contributed by atoms with Crippen LogP contribution in [0.15, 0.2) is 6.20 Å². The second kappa shape index (κ2) is 5.37. The minimum absolute atomic E-state index is 0.328. The lowest BCUT2D eigenvalue weighted by atomic mass is 9.96. The predicted octanol–water partition coefficient (Wildman–Crippen LogP) is 0.215. The number of hydrogen-bond acceptors (Lipinski definition) is 6. The number of aromatic amines is 1. The lowest BCUT2D eigenvalue weighted by Gasteiger charge is -2.11. The summed E-state index contributed by atoms with van der Waals surface area (Å²) in [6.45, 7) is 0. The average Bonchev–Trinajstić information content (AvgIpc) is 3.13. The van der Waals surface area contributed by atoms with Crippen LogP contribution in [0.1, 0.15) is 44.3 Å². The van der Waals surface area contributed by atoms with E-state index < -0.39 is 11.8 Å². The summed E-state index contributed by atoms with van der Waals surface area (Å²) in [5, 5.41) is 10.5. The molecule has 0 saturated carbocycles. The third kappa shape index (κ3) is 2.39. The van der Waals surface area contributed by atoms with Crippen molar-refractivity contribution < 1.29 is 9.59 Å². The largest absolute Gasteiger partial charge is 0.290 e. The van der Waals surface area contributed by atoms with Crippen molar-refractivity contribution in [3.63, 3.8) is 0 Å². The summed E-state index contributed by atoms with van der Waals surface area (Å²) in [7, 11) is 0. The molecule has 1 aliphatic carbocycles. The Balaban J connectivity index is 1.65. The molecule has 0 fully saturated rings. The smallest absolute Gasteiger partial charge is 0.281 e. The van der Waals surface area contributed by atoms with Crippen molar-refractivity contribution in [1.29, 1.82) is 0 Å². The highest BCUT2D eigenvalue weighted by molar-refractivity contribution is 7.07. The van der Waals surface area contributed by atoms with Crippen LogP contribution in [0.2, 0.25) is 0 Å². The van der Waals surface area contributed by atoms with Crippen LogP contribution in [0.5, 0.6) is 0 Å². The molecular weight excluding hydrogens is 280 g/mol. The Morgan fingerprint density at radius 3 is 2.80 bits per heavy atom. The molecule has 3 rings (SSSR count). The van der Waals surface area contributed by atoms with Crippen molar-refractivity contribution in [2.75, 3.05) is 0 Å². The molecule has 0 radical (unpaired) electrons. The van der Waals surface area contributed by atoms with Gasteiger partial charge in [-0.1, -0.05) is 4.49 Å². The number of hydrogen-bond donors (Lipinski definition) is 3. The van der Waals surface area contributed by atoms with Crippen LogP contribution in [0.25, 0.3) is 0 Å². The zero-order valence-electron chi connectivity index (χ0n) is 10.5. The quantitative estimate of drug-likeness (QED) is 0.685. The molecule has 0 aromatic carbocycles. The number of fused-ring (bicyclic) bond motifs is 1. The van der Waals surface area contributed by atoms with Crippen molar-refractivity contribution in [3.8, 4) is 0 Å². The molecule has 0 aliphatic heterocycles. The third-order valence-corrected chi connectivity index (χ3v) is 3.81. The van der Waals surface area contributed by atoms with Gasteiger partial charge in [-0.3, -0.25) is 25.5 Å². The SMILES string of the molecule is O=C(NNC(=O)c1n[nH]c2c1CCCC2)c1cnns1. The molecule has 20 heavy (non-hydrogen) atoms. The first-order valence-corrected chi connectivity index (χ1v) is 6.97. The van der Waals surface area contributed by atoms with E-state index in [1.807, 2.05) is 0 Å². The predicted molar refractivity (Wildman–Crippen MR) is 70.1 cm³/mol. The number of amides is 2. The van der Waals surface area contributed by atoms with Gasteiger partial charge in [-0.15, -0.1) is 5.10 Å². The fourth-order valence-electron chi connectivity index (χ4n) is 2.17. The van der Waals surface area contributed by atoms with Crippen molar-refractivity contribution >= 4 is 23.3 Å². The zero-order chi connectivity index (χ0) is 13.9. The number of carbonyl (C=O) groups excluding carboxylic acids is 2. The summed E-state index contributed by atoms with van der Waals surface area (Å²) < 4.78 is 3.58. The van der Waals surface area contributed by atoms with Gasteiger partial charge in [-0.25, -0.2) is 0 Å². The number of carbonyl (C=O) groups is 2. The first-order chi connectivity index (χ1) is 9.75. The Morgan fingerprint density at radius 1 is 1.20 bits per heavy atom. The highest BCUT2D eigenvalue weighted by atomic mass is 32.1. The molecule has 2 amide bonds. The number of nitrogens with one attached hydrogen (secondary N) is 3. The van der Waals surface area contributed by atoms with Crippen LogP contribution in [0.4, 0.5) is 0 Å². The number of rotatable bonds is 2. The summed E-state index contributed by atoms with van der Waals surface area (Å²) >= 11 is 0.957. The Morgan fingerprint density at radius 2 is 2.00 bits per heavy atom. The van der Waals surface area contributed by atoms with Gasteiger partial charge in [0, 0.05) is 11.3 Å². The lowest BCUT2D eigenvalue weighted by Crippen LogP contribution is -2.41. The van der Waals surface area contributed by atoms with Gasteiger partial charge in [-0.2, -0.15) is 5.10 Å². The first-order valence-electron chi connectivity index (χ1n) is 6.20. The van der Waals surface area contributed by atoms with Crippen molar-refractivity contribution in [2.45, 2.75) is 25.7 Å². The minimum atomic E-state index is -0.447. The molecule has 1 aliphatic rings. The molecule has 2 aromatic rings. The molecule has 0 unspecified atom stereocenters. The van der Waals surface area contributed by atoms with Crippen LogP contribution in [-0.4, -0.2) is 31.6 Å². The van der Waals surface area contributed by atoms with Crippen molar-refractivity contribution in [3.05, 3.63) is 28.0 Å². The van der Waals surface area contributed by atoms with Crippen LogP contribution < -0.4 is 10.9 Å². The highest BCUT2D eigenvalue weighted by Gasteiger charge is 2.22. The number of hydrazine groups is 1. The normalized spacial score (nSPS) is 13.6. The fourth-order valence-corrected chi connectivity index (χ4v) is 2.58. The van der Waals surface area contributed by atoms with Gasteiger partial charge in [0.25, 0.3) is 11.8 Å². The molecular formula is C11H12N6O2S. The maximum atomic E-state index is 12.0. The summed E-state index contributed by atoms with van der Waals surface area (Å²) in [4.78, 5) is 24.0. The van der Waals surface area contributed by atoms with E-state index in [-0.39, 0.29) is 0 Å². The summed E-state index contributed by atoms with van der Waals surface area (Å²) in [6, 6.07) is 0. The van der Waals surface area contributed by atoms with Crippen LogP contribution >= 0.6 is 11.5 Å². The minimum Gasteiger partial charge on any atom is -0.281 e. The molecule has 2 heterocycles. The van der Waals surface area contributed by atoms with Gasteiger partial charge in [-0.05, 0) is 37.2 Å². The van der Waals surface area contributed by atoms with Crippen LogP contribution in [-0.2, 0) is 12.8 Å². The summed E-state index contributed by atoms with van der Waals surface area (Å²) in [6.07, 6.45) is 5.23. The van der Waals surface area contributed by atoms with Gasteiger partial charge in [0.2, 0.25) is 0 Å². The molecule has 8 nitrogen and oxygen atoms in total. The maximum Gasteiger partial charge on any atom is 0.290 e. The van der Waals surface area contributed by atoms with E-state index in [4.69, 9.17) is 0 Å². The van der Waals surface area contributed by atoms with Gasteiger partial charge >= 0.3 is 0 Å². The molecule has 0 saturated heterocycles. The topological polar surface area (TPSA) is 113 Å². The number of H-pyrrole nitrogens is 1. The Labute approximate surface area is 118 Å². The Bertz CT molecular complexity index is 635. The molecule has 9 heteroatoms. The summed E-state index contributed by atoms with van der Waals surface area (Å²) in [5.74, 6) is -0.868. The van der Waals surface area contributed by atoms with Gasteiger partial charge in [0.1, 0.15) is 4.88 Å². The third-order valence-electron chi connectivity index (χ3n) is 3.15. The van der Waals surface area contributed by atoms with Gasteiger partial charge in [0.15, 0.2) is 5.69 Å². The van der Waals surface area contributed by atoms with E-state index >= 15 is 0 Å². The standard InChI is InChI=1S/C11H12N6O2S/c18-10(8-5-12-17-20-8)15-16-11(19)9-6-3-1-2-4-7(6)13-14-9/h5H,1-4H2,(H,13,14)(H,15,18)(H,16,19). The van der Waals surface area contributed by atoms with Gasteiger partial charge in [0.05, 0.1) is 6.20 Å². The second-order valence-electron chi connectivity index (χ2n) is 4.43. The van der Waals surface area contributed by atoms with Crippen molar-refractivity contribution in [1.82, 2.24) is 30.6 Å². The van der Waals surface area contributed by atoms with E-state index in [1.54, 1.807) is 0 Å². The number of aryl methyl sites for hydroxylation is 1. The van der Waals surface area contributed by atoms with E-state index in [9.17, 15) is 9.59 Å².